The summed E-state index contributed by atoms with van der Waals surface area (Å²) in [6.45, 7) is 4.73. The highest BCUT2D eigenvalue weighted by molar-refractivity contribution is 6.31. The van der Waals surface area contributed by atoms with Gasteiger partial charge in [-0.25, -0.2) is 0 Å². The minimum Gasteiger partial charge on any atom is -0.396 e. The summed E-state index contributed by atoms with van der Waals surface area (Å²) in [5.74, 6) is 0. The first-order valence-electron chi connectivity index (χ1n) is 3.97. The topological polar surface area (TPSA) is 38.0 Å². The fourth-order valence-electron chi connectivity index (χ4n) is 1.11. The molecule has 0 spiro atoms. The second-order valence-corrected chi connectivity index (χ2v) is 3.16. The van der Waals surface area contributed by atoms with Crippen LogP contribution in [0.5, 0.6) is 0 Å². The number of aliphatic hydroxyl groups excluding tert-OH is 1. The number of nitrogens with zero attached hydrogens (tertiary/aromatic N) is 2. The first kappa shape index (κ1) is 9.55. The lowest BCUT2D eigenvalue weighted by atomic mass is 10.4. The van der Waals surface area contributed by atoms with E-state index in [9.17, 15) is 0 Å². The van der Waals surface area contributed by atoms with Crippen LogP contribution in [-0.4, -0.2) is 21.5 Å². The maximum Gasteiger partial charge on any atom is 0.0844 e. The number of hydrogen-bond acceptors (Lipinski definition) is 2. The van der Waals surface area contributed by atoms with Crippen LogP contribution >= 0.6 is 11.6 Å². The number of halogens is 1. The summed E-state index contributed by atoms with van der Waals surface area (Å²) in [7, 11) is 0. The average molecular weight is 189 g/mol. The zero-order valence-electron chi connectivity index (χ0n) is 7.34. The molecule has 1 aromatic heterocycles. The lowest BCUT2D eigenvalue weighted by molar-refractivity contribution is 0.276. The number of rotatable bonds is 3. The van der Waals surface area contributed by atoms with E-state index >= 15 is 0 Å². The van der Waals surface area contributed by atoms with Gasteiger partial charge in [0.2, 0.25) is 0 Å². The van der Waals surface area contributed by atoms with Crippen LogP contribution in [0.15, 0.2) is 0 Å². The van der Waals surface area contributed by atoms with Gasteiger partial charge in [-0.1, -0.05) is 11.6 Å². The van der Waals surface area contributed by atoms with Gasteiger partial charge in [0.15, 0.2) is 0 Å². The third-order valence-corrected chi connectivity index (χ3v) is 2.37. The van der Waals surface area contributed by atoms with Crippen molar-refractivity contribution in [2.45, 2.75) is 26.8 Å². The van der Waals surface area contributed by atoms with Gasteiger partial charge in [-0.3, -0.25) is 4.68 Å². The molecule has 0 aliphatic carbocycles. The Morgan fingerprint density at radius 1 is 1.50 bits per heavy atom. The van der Waals surface area contributed by atoms with Crippen LogP contribution in [-0.2, 0) is 6.54 Å². The summed E-state index contributed by atoms with van der Waals surface area (Å²) in [4.78, 5) is 0. The molecule has 12 heavy (non-hydrogen) atoms. The summed E-state index contributed by atoms with van der Waals surface area (Å²) >= 11 is 5.93. The molecule has 0 bridgehead atoms. The zero-order valence-corrected chi connectivity index (χ0v) is 8.10. The highest BCUT2D eigenvalue weighted by Gasteiger charge is 2.07. The fourth-order valence-corrected chi connectivity index (χ4v) is 1.25. The SMILES string of the molecule is Cc1nn(CCCO)c(C)c1Cl. The van der Waals surface area contributed by atoms with Gasteiger partial charge >= 0.3 is 0 Å². The van der Waals surface area contributed by atoms with E-state index in [4.69, 9.17) is 16.7 Å². The lowest BCUT2D eigenvalue weighted by Crippen LogP contribution is -2.03. The molecule has 0 atom stereocenters. The molecule has 1 aromatic rings. The molecule has 1 heterocycles. The molecule has 1 rings (SSSR count). The Bertz CT molecular complexity index is 270. The molecular formula is C8H13ClN2O. The van der Waals surface area contributed by atoms with Crippen molar-refractivity contribution in [1.29, 1.82) is 0 Å². The van der Waals surface area contributed by atoms with E-state index in [1.807, 2.05) is 18.5 Å². The number of hydrogen-bond donors (Lipinski definition) is 1. The summed E-state index contributed by atoms with van der Waals surface area (Å²) in [6, 6.07) is 0. The smallest absolute Gasteiger partial charge is 0.0844 e. The van der Waals surface area contributed by atoms with Crippen molar-refractivity contribution in [1.82, 2.24) is 9.78 Å². The van der Waals surface area contributed by atoms with Gasteiger partial charge in [-0.2, -0.15) is 5.10 Å². The number of aliphatic hydroxyl groups is 1. The van der Waals surface area contributed by atoms with Gasteiger partial charge in [0.1, 0.15) is 0 Å². The number of aryl methyl sites for hydroxylation is 2. The molecule has 1 N–H and O–H groups in total. The van der Waals surface area contributed by atoms with E-state index in [1.54, 1.807) is 0 Å². The van der Waals surface area contributed by atoms with Crippen LogP contribution in [0.3, 0.4) is 0 Å². The normalized spacial score (nSPS) is 10.7. The highest BCUT2D eigenvalue weighted by Crippen LogP contribution is 2.18. The molecule has 0 saturated heterocycles. The van der Waals surface area contributed by atoms with Crippen LogP contribution in [0, 0.1) is 13.8 Å². The van der Waals surface area contributed by atoms with Crippen molar-refractivity contribution in [3.8, 4) is 0 Å². The molecule has 0 saturated carbocycles. The van der Waals surface area contributed by atoms with E-state index in [-0.39, 0.29) is 6.61 Å². The van der Waals surface area contributed by atoms with Crippen LogP contribution in [0.4, 0.5) is 0 Å². The van der Waals surface area contributed by atoms with Gasteiger partial charge in [0.25, 0.3) is 0 Å². The van der Waals surface area contributed by atoms with Crippen LogP contribution in [0.25, 0.3) is 0 Å². The quantitative estimate of drug-likeness (QED) is 0.782. The fraction of sp³-hybridized carbons (Fsp3) is 0.625. The van der Waals surface area contributed by atoms with Crippen LogP contribution in [0.2, 0.25) is 5.02 Å². The minimum atomic E-state index is 0.190. The first-order chi connectivity index (χ1) is 5.66. The van der Waals surface area contributed by atoms with Crippen molar-refractivity contribution in [3.63, 3.8) is 0 Å². The van der Waals surface area contributed by atoms with Gasteiger partial charge in [-0.05, 0) is 20.3 Å². The molecule has 68 valence electrons. The van der Waals surface area contributed by atoms with Crippen LogP contribution in [0.1, 0.15) is 17.8 Å². The second-order valence-electron chi connectivity index (χ2n) is 2.79. The summed E-state index contributed by atoms with van der Waals surface area (Å²) in [5, 5.41) is 13.6. The number of aromatic nitrogens is 2. The molecular weight excluding hydrogens is 176 g/mol. The average Bonchev–Trinajstić information content (AvgIpc) is 2.30. The Morgan fingerprint density at radius 2 is 2.17 bits per heavy atom. The third kappa shape index (κ3) is 1.79. The molecule has 0 amide bonds. The predicted octanol–water partition coefficient (Wildman–Crippen LogP) is 1.54. The van der Waals surface area contributed by atoms with Gasteiger partial charge < -0.3 is 5.11 Å². The summed E-state index contributed by atoms with van der Waals surface area (Å²) in [6.07, 6.45) is 0.721. The lowest BCUT2D eigenvalue weighted by Gasteiger charge is -2.01. The molecule has 0 unspecified atom stereocenters. The Labute approximate surface area is 77.0 Å². The van der Waals surface area contributed by atoms with E-state index in [2.05, 4.69) is 5.10 Å². The third-order valence-electron chi connectivity index (χ3n) is 1.82. The summed E-state index contributed by atoms with van der Waals surface area (Å²) in [5.41, 5.74) is 1.83. The van der Waals surface area contributed by atoms with Crippen LogP contribution < -0.4 is 0 Å². The molecule has 0 aromatic carbocycles. The Balaban J connectivity index is 2.79. The molecule has 3 nitrogen and oxygen atoms in total. The maximum absolute atomic E-state index is 8.62. The molecule has 0 fully saturated rings. The van der Waals surface area contributed by atoms with Crippen molar-refractivity contribution in [2.24, 2.45) is 0 Å². The second kappa shape index (κ2) is 3.92. The van der Waals surface area contributed by atoms with Gasteiger partial charge in [0.05, 0.1) is 16.4 Å². The van der Waals surface area contributed by atoms with E-state index in [0.29, 0.717) is 0 Å². The monoisotopic (exact) mass is 188 g/mol. The Hall–Kier alpha value is -0.540. The predicted molar refractivity (Wildman–Crippen MR) is 48.4 cm³/mol. The van der Waals surface area contributed by atoms with E-state index in [1.165, 1.54) is 0 Å². The molecule has 0 radical (unpaired) electrons. The van der Waals surface area contributed by atoms with Gasteiger partial charge in [-0.15, -0.1) is 0 Å². The first-order valence-corrected chi connectivity index (χ1v) is 4.35. The molecule has 4 heteroatoms. The Kier molecular flexibility index (Phi) is 3.12. The van der Waals surface area contributed by atoms with Crippen molar-refractivity contribution in [3.05, 3.63) is 16.4 Å². The van der Waals surface area contributed by atoms with Gasteiger partial charge in [0, 0.05) is 13.2 Å². The minimum absolute atomic E-state index is 0.190. The van der Waals surface area contributed by atoms with Crippen molar-refractivity contribution >= 4 is 11.6 Å². The maximum atomic E-state index is 8.62. The highest BCUT2D eigenvalue weighted by atomic mass is 35.5. The summed E-state index contributed by atoms with van der Waals surface area (Å²) < 4.78 is 1.83. The molecule has 0 aliphatic heterocycles. The standard InChI is InChI=1S/C8H13ClN2O/c1-6-8(9)7(2)11(10-6)4-3-5-12/h12H,3-5H2,1-2H3. The van der Waals surface area contributed by atoms with E-state index in [0.717, 1.165) is 29.4 Å². The van der Waals surface area contributed by atoms with Crippen molar-refractivity contribution < 1.29 is 5.11 Å². The Morgan fingerprint density at radius 3 is 2.58 bits per heavy atom. The van der Waals surface area contributed by atoms with Crippen molar-refractivity contribution in [2.75, 3.05) is 6.61 Å². The largest absolute Gasteiger partial charge is 0.396 e. The molecule has 0 aliphatic rings. The zero-order chi connectivity index (χ0) is 9.14. The van der Waals surface area contributed by atoms with E-state index < -0.39 is 0 Å².